The highest BCUT2D eigenvalue weighted by molar-refractivity contribution is 6.30. The number of hydrogen-bond acceptors (Lipinski definition) is 3. The predicted molar refractivity (Wildman–Crippen MR) is 102 cm³/mol. The molecule has 0 aromatic heterocycles. The molecule has 2 aromatic rings. The zero-order valence-corrected chi connectivity index (χ0v) is 15.4. The van der Waals surface area contributed by atoms with Crippen molar-refractivity contribution in [2.75, 3.05) is 13.1 Å². The van der Waals surface area contributed by atoms with Gasteiger partial charge in [-0.15, -0.1) is 0 Å². The number of likely N-dealkylation sites (tertiary alicyclic amines) is 1. The molecule has 1 fully saturated rings. The lowest BCUT2D eigenvalue weighted by molar-refractivity contribution is 0.0589. The topological polar surface area (TPSA) is 38.5 Å². The van der Waals surface area contributed by atoms with E-state index in [0.29, 0.717) is 6.04 Å². The summed E-state index contributed by atoms with van der Waals surface area (Å²) in [4.78, 5) is 2.53. The van der Waals surface area contributed by atoms with E-state index < -0.39 is 0 Å². The maximum atomic E-state index is 6.55. The summed E-state index contributed by atoms with van der Waals surface area (Å²) in [6.07, 6.45) is 3.36. The van der Waals surface area contributed by atoms with Gasteiger partial charge in [-0.3, -0.25) is 4.90 Å². The van der Waals surface area contributed by atoms with E-state index in [2.05, 4.69) is 29.2 Å². The van der Waals surface area contributed by atoms with Crippen LogP contribution in [0.2, 0.25) is 5.02 Å². The van der Waals surface area contributed by atoms with Gasteiger partial charge < -0.3 is 10.5 Å². The number of nitrogens with zero attached hydrogens (tertiary/aromatic N) is 1. The van der Waals surface area contributed by atoms with Crippen molar-refractivity contribution in [3.05, 3.63) is 64.2 Å². The number of ether oxygens (including phenoxy) is 1. The summed E-state index contributed by atoms with van der Waals surface area (Å²) in [7, 11) is 0. The van der Waals surface area contributed by atoms with Crippen LogP contribution in [-0.2, 0) is 6.42 Å². The molecule has 1 heterocycles. The van der Waals surface area contributed by atoms with E-state index in [4.69, 9.17) is 22.1 Å². The largest absolute Gasteiger partial charge is 0.484 e. The van der Waals surface area contributed by atoms with Gasteiger partial charge in [-0.25, -0.2) is 0 Å². The number of benzene rings is 2. The SMILES string of the molecule is Cc1cc(Cl)ccc1OC1c2ccccc2C[C@H]1N1CCC[C@@H](N)C1. The minimum Gasteiger partial charge on any atom is -0.484 e. The number of fused-ring (bicyclic) bond motifs is 1. The van der Waals surface area contributed by atoms with Gasteiger partial charge in [0.1, 0.15) is 11.9 Å². The summed E-state index contributed by atoms with van der Waals surface area (Å²) < 4.78 is 6.55. The third kappa shape index (κ3) is 3.41. The van der Waals surface area contributed by atoms with Crippen molar-refractivity contribution < 1.29 is 4.74 Å². The Kier molecular flexibility index (Phi) is 4.72. The molecule has 1 aliphatic heterocycles. The average molecular weight is 357 g/mol. The van der Waals surface area contributed by atoms with Gasteiger partial charge >= 0.3 is 0 Å². The van der Waals surface area contributed by atoms with Crippen LogP contribution < -0.4 is 10.5 Å². The monoisotopic (exact) mass is 356 g/mol. The molecule has 3 atom stereocenters. The quantitative estimate of drug-likeness (QED) is 0.899. The van der Waals surface area contributed by atoms with Gasteiger partial charge in [-0.2, -0.15) is 0 Å². The van der Waals surface area contributed by atoms with Crippen LogP contribution in [0.25, 0.3) is 0 Å². The highest BCUT2D eigenvalue weighted by Crippen LogP contribution is 2.39. The first kappa shape index (κ1) is 16.9. The van der Waals surface area contributed by atoms with Crippen LogP contribution in [0, 0.1) is 6.92 Å². The van der Waals surface area contributed by atoms with E-state index in [9.17, 15) is 0 Å². The standard InChI is InChI=1S/C21H25ClN2O/c1-14-11-16(22)8-9-20(14)25-21-18-7-3-2-5-15(18)12-19(21)24-10-4-6-17(23)13-24/h2-3,5,7-9,11,17,19,21H,4,6,10,12-13,23H2,1H3/t17-,19-,21?/m1/s1. The van der Waals surface area contributed by atoms with Crippen LogP contribution in [0.5, 0.6) is 5.75 Å². The van der Waals surface area contributed by atoms with E-state index in [1.165, 1.54) is 17.5 Å². The lowest BCUT2D eigenvalue weighted by Gasteiger charge is -2.38. The summed E-state index contributed by atoms with van der Waals surface area (Å²) in [6.45, 7) is 4.11. The number of rotatable bonds is 3. The van der Waals surface area contributed by atoms with E-state index >= 15 is 0 Å². The van der Waals surface area contributed by atoms with Crippen molar-refractivity contribution in [3.63, 3.8) is 0 Å². The molecular formula is C21H25ClN2O. The molecule has 1 saturated heterocycles. The molecular weight excluding hydrogens is 332 g/mol. The Bertz CT molecular complexity index is 763. The van der Waals surface area contributed by atoms with Gasteiger partial charge in [-0.1, -0.05) is 35.9 Å². The van der Waals surface area contributed by atoms with Crippen LogP contribution in [0.4, 0.5) is 0 Å². The molecule has 0 spiro atoms. The molecule has 132 valence electrons. The Morgan fingerprint density at radius 2 is 2.04 bits per heavy atom. The van der Waals surface area contributed by atoms with Gasteiger partial charge in [0.15, 0.2) is 0 Å². The number of hydrogen-bond donors (Lipinski definition) is 1. The molecule has 0 bridgehead atoms. The molecule has 0 saturated carbocycles. The first-order chi connectivity index (χ1) is 12.1. The van der Waals surface area contributed by atoms with Crippen molar-refractivity contribution in [1.82, 2.24) is 4.90 Å². The van der Waals surface area contributed by atoms with Crippen LogP contribution in [0.15, 0.2) is 42.5 Å². The van der Waals surface area contributed by atoms with Crippen LogP contribution in [0.3, 0.4) is 0 Å². The normalized spacial score (nSPS) is 26.4. The highest BCUT2D eigenvalue weighted by atomic mass is 35.5. The van der Waals surface area contributed by atoms with Gasteiger partial charge in [-0.05, 0) is 67.6 Å². The predicted octanol–water partition coefficient (Wildman–Crippen LogP) is 4.12. The molecule has 25 heavy (non-hydrogen) atoms. The van der Waals surface area contributed by atoms with Gasteiger partial charge in [0, 0.05) is 17.6 Å². The van der Waals surface area contributed by atoms with Crippen LogP contribution >= 0.6 is 11.6 Å². The zero-order valence-electron chi connectivity index (χ0n) is 14.6. The van der Waals surface area contributed by atoms with E-state index in [1.54, 1.807) is 0 Å². The molecule has 3 nitrogen and oxygen atoms in total. The molecule has 0 radical (unpaired) electrons. The number of piperidine rings is 1. The van der Waals surface area contributed by atoms with Crippen molar-refractivity contribution in [2.45, 2.75) is 44.4 Å². The zero-order chi connectivity index (χ0) is 17.4. The van der Waals surface area contributed by atoms with Crippen molar-refractivity contribution in [3.8, 4) is 5.75 Å². The summed E-state index contributed by atoms with van der Waals surface area (Å²) >= 11 is 6.10. The van der Waals surface area contributed by atoms with Crippen molar-refractivity contribution in [1.29, 1.82) is 0 Å². The molecule has 2 aromatic carbocycles. The van der Waals surface area contributed by atoms with E-state index in [0.717, 1.165) is 42.3 Å². The van der Waals surface area contributed by atoms with Crippen molar-refractivity contribution >= 4 is 11.6 Å². The fourth-order valence-electron chi connectivity index (χ4n) is 4.22. The van der Waals surface area contributed by atoms with Crippen LogP contribution in [0.1, 0.15) is 35.6 Å². The summed E-state index contributed by atoms with van der Waals surface area (Å²) in [5.74, 6) is 0.914. The fraction of sp³-hybridized carbons (Fsp3) is 0.429. The Hall–Kier alpha value is -1.55. The fourth-order valence-corrected chi connectivity index (χ4v) is 4.45. The van der Waals surface area contributed by atoms with E-state index in [-0.39, 0.29) is 12.1 Å². The third-order valence-corrected chi connectivity index (χ3v) is 5.72. The maximum Gasteiger partial charge on any atom is 0.140 e. The molecule has 1 unspecified atom stereocenters. The second kappa shape index (κ2) is 6.99. The van der Waals surface area contributed by atoms with Gasteiger partial charge in [0.2, 0.25) is 0 Å². The lowest BCUT2D eigenvalue weighted by Crippen LogP contribution is -2.49. The van der Waals surface area contributed by atoms with Crippen molar-refractivity contribution in [2.24, 2.45) is 5.73 Å². The Balaban J connectivity index is 1.65. The maximum absolute atomic E-state index is 6.55. The summed E-state index contributed by atoms with van der Waals surface area (Å²) in [6, 6.07) is 15.1. The average Bonchev–Trinajstić information content (AvgIpc) is 2.96. The lowest BCUT2D eigenvalue weighted by atomic mass is 10.0. The second-order valence-electron chi connectivity index (χ2n) is 7.32. The summed E-state index contributed by atoms with van der Waals surface area (Å²) in [5.41, 5.74) is 10.0. The minimum atomic E-state index is 0.0429. The molecule has 4 rings (SSSR count). The van der Waals surface area contributed by atoms with Gasteiger partial charge in [0.05, 0.1) is 6.04 Å². The third-order valence-electron chi connectivity index (χ3n) is 5.49. The first-order valence-corrected chi connectivity index (χ1v) is 9.50. The van der Waals surface area contributed by atoms with E-state index in [1.807, 2.05) is 25.1 Å². The van der Waals surface area contributed by atoms with Gasteiger partial charge in [0.25, 0.3) is 0 Å². The molecule has 2 N–H and O–H groups in total. The number of nitrogens with two attached hydrogens (primary N) is 1. The Labute approximate surface area is 154 Å². The molecule has 1 aliphatic carbocycles. The number of aryl methyl sites for hydroxylation is 1. The Morgan fingerprint density at radius 3 is 2.84 bits per heavy atom. The number of halogens is 1. The first-order valence-electron chi connectivity index (χ1n) is 9.12. The second-order valence-corrected chi connectivity index (χ2v) is 7.75. The van der Waals surface area contributed by atoms with Crippen LogP contribution in [-0.4, -0.2) is 30.1 Å². The molecule has 4 heteroatoms. The minimum absolute atomic E-state index is 0.0429. The molecule has 0 amide bonds. The highest BCUT2D eigenvalue weighted by Gasteiger charge is 2.39. The Morgan fingerprint density at radius 1 is 1.20 bits per heavy atom. The molecule has 2 aliphatic rings. The summed E-state index contributed by atoms with van der Waals surface area (Å²) in [5, 5.41) is 0.746. The smallest absolute Gasteiger partial charge is 0.140 e.